The second-order valence-corrected chi connectivity index (χ2v) is 7.17. The Labute approximate surface area is 120 Å². The van der Waals surface area contributed by atoms with E-state index in [0.717, 1.165) is 12.8 Å². The second kappa shape index (κ2) is 5.22. The van der Waals surface area contributed by atoms with E-state index >= 15 is 0 Å². The summed E-state index contributed by atoms with van der Waals surface area (Å²) >= 11 is 3.11. The van der Waals surface area contributed by atoms with E-state index in [9.17, 15) is 13.2 Å². The fraction of sp³-hybridized carbons (Fsp3) is 0.417. The Morgan fingerprint density at radius 1 is 1.47 bits per heavy atom. The minimum atomic E-state index is -3.85. The molecule has 5 nitrogen and oxygen atoms in total. The van der Waals surface area contributed by atoms with Crippen molar-refractivity contribution in [2.45, 2.75) is 30.7 Å². The van der Waals surface area contributed by atoms with Gasteiger partial charge in [0.05, 0.1) is 4.90 Å². The maximum absolute atomic E-state index is 12.0. The molecule has 0 heterocycles. The topological polar surface area (TPSA) is 89.3 Å². The third-order valence-electron chi connectivity index (χ3n) is 3.19. The molecule has 1 unspecified atom stereocenters. The van der Waals surface area contributed by atoms with Crippen LogP contribution in [0.3, 0.4) is 0 Å². The zero-order valence-corrected chi connectivity index (χ0v) is 12.8. The summed E-state index contributed by atoms with van der Waals surface area (Å²) in [5, 5.41) is 7.96. The van der Waals surface area contributed by atoms with Crippen LogP contribution in [-0.4, -0.2) is 20.4 Å². The van der Waals surface area contributed by atoms with Crippen molar-refractivity contribution in [3.63, 3.8) is 0 Å². The van der Waals surface area contributed by atoms with E-state index in [1.54, 1.807) is 6.07 Å². The molecule has 1 aromatic rings. The van der Waals surface area contributed by atoms with Gasteiger partial charge in [-0.15, -0.1) is 0 Å². The highest BCUT2D eigenvalue weighted by molar-refractivity contribution is 9.10. The van der Waals surface area contributed by atoms with E-state index in [0.29, 0.717) is 16.0 Å². The third kappa shape index (κ3) is 3.55. The number of halogens is 1. The molecule has 0 saturated heterocycles. The number of nitrogens with two attached hydrogens (primary N) is 1. The van der Waals surface area contributed by atoms with Crippen LogP contribution in [0.15, 0.2) is 27.6 Å². The first-order chi connectivity index (χ1) is 8.79. The first kappa shape index (κ1) is 14.5. The number of carbonyl (C=O) groups excluding carboxylic acids is 1. The molecule has 1 aromatic carbocycles. The lowest BCUT2D eigenvalue weighted by atomic mass is 10.1. The Morgan fingerprint density at radius 2 is 2.11 bits per heavy atom. The summed E-state index contributed by atoms with van der Waals surface area (Å²) in [5.74, 6) is 0.258. The molecule has 0 aromatic heterocycles. The number of benzene rings is 1. The van der Waals surface area contributed by atoms with Gasteiger partial charge in [-0.25, -0.2) is 13.6 Å². The normalized spacial score (nSPS) is 17.0. The molecule has 7 heteroatoms. The van der Waals surface area contributed by atoms with Gasteiger partial charge in [0.2, 0.25) is 10.0 Å². The predicted molar refractivity (Wildman–Crippen MR) is 75.2 cm³/mol. The average Bonchev–Trinajstić information content (AvgIpc) is 3.11. The van der Waals surface area contributed by atoms with Gasteiger partial charge in [0.25, 0.3) is 5.91 Å². The standard InChI is InChI=1S/C12H15BrN2O3S/c1-7(8-2-3-8)15-12(16)9-4-5-10(13)11(6-9)19(14,17)18/h4-8H,2-3H2,1H3,(H,15,16)(H2,14,17,18). The van der Waals surface area contributed by atoms with Gasteiger partial charge in [-0.05, 0) is 59.8 Å². The molecule has 2 rings (SSSR count). The highest BCUT2D eigenvalue weighted by Crippen LogP contribution is 2.32. The molecule has 0 spiro atoms. The largest absolute Gasteiger partial charge is 0.349 e. The molecule has 1 atom stereocenters. The van der Waals surface area contributed by atoms with Gasteiger partial charge in [0.1, 0.15) is 0 Å². The van der Waals surface area contributed by atoms with Crippen molar-refractivity contribution in [2.24, 2.45) is 11.1 Å². The molecule has 1 aliphatic carbocycles. The minimum absolute atomic E-state index is 0.0841. The lowest BCUT2D eigenvalue weighted by Gasteiger charge is -2.13. The highest BCUT2D eigenvalue weighted by atomic mass is 79.9. The van der Waals surface area contributed by atoms with Gasteiger partial charge >= 0.3 is 0 Å². The quantitative estimate of drug-likeness (QED) is 0.867. The molecule has 19 heavy (non-hydrogen) atoms. The number of primary sulfonamides is 1. The Bertz CT molecular complexity index is 611. The molecule has 1 saturated carbocycles. The summed E-state index contributed by atoms with van der Waals surface area (Å²) in [6.07, 6.45) is 2.26. The van der Waals surface area contributed by atoms with Gasteiger partial charge < -0.3 is 5.32 Å². The summed E-state index contributed by atoms with van der Waals surface area (Å²) in [5.41, 5.74) is 0.291. The maximum atomic E-state index is 12.0. The maximum Gasteiger partial charge on any atom is 0.251 e. The summed E-state index contributed by atoms with van der Waals surface area (Å²) in [7, 11) is -3.85. The van der Waals surface area contributed by atoms with Crippen LogP contribution < -0.4 is 10.5 Å². The molecule has 1 amide bonds. The van der Waals surface area contributed by atoms with Crippen LogP contribution >= 0.6 is 15.9 Å². The predicted octanol–water partition coefficient (Wildman–Crippen LogP) is 1.62. The summed E-state index contributed by atoms with van der Waals surface area (Å²) in [6.45, 7) is 1.95. The van der Waals surface area contributed by atoms with Crippen LogP contribution in [0.2, 0.25) is 0 Å². The molecule has 3 N–H and O–H groups in total. The lowest BCUT2D eigenvalue weighted by Crippen LogP contribution is -2.34. The number of rotatable bonds is 4. The van der Waals surface area contributed by atoms with Crippen molar-refractivity contribution in [3.05, 3.63) is 28.2 Å². The lowest BCUT2D eigenvalue weighted by molar-refractivity contribution is 0.0935. The van der Waals surface area contributed by atoms with Crippen molar-refractivity contribution in [3.8, 4) is 0 Å². The van der Waals surface area contributed by atoms with Gasteiger partial charge in [0.15, 0.2) is 0 Å². The SMILES string of the molecule is CC(NC(=O)c1ccc(Br)c(S(N)(=O)=O)c1)C1CC1. The molecule has 0 bridgehead atoms. The van der Waals surface area contributed by atoms with E-state index in [4.69, 9.17) is 5.14 Å². The number of nitrogens with one attached hydrogen (secondary N) is 1. The number of hydrogen-bond donors (Lipinski definition) is 2. The van der Waals surface area contributed by atoms with Crippen LogP contribution in [0.5, 0.6) is 0 Å². The minimum Gasteiger partial charge on any atom is -0.349 e. The van der Waals surface area contributed by atoms with Crippen LogP contribution in [0.25, 0.3) is 0 Å². The van der Waals surface area contributed by atoms with Gasteiger partial charge in [-0.1, -0.05) is 0 Å². The number of carbonyl (C=O) groups is 1. The Morgan fingerprint density at radius 3 is 2.63 bits per heavy atom. The van der Waals surface area contributed by atoms with E-state index in [2.05, 4.69) is 21.2 Å². The van der Waals surface area contributed by atoms with Crippen LogP contribution in [-0.2, 0) is 10.0 Å². The Hall–Kier alpha value is -0.920. The van der Waals surface area contributed by atoms with Crippen molar-refractivity contribution >= 4 is 31.9 Å². The zero-order chi connectivity index (χ0) is 14.2. The van der Waals surface area contributed by atoms with Crippen LogP contribution in [0.1, 0.15) is 30.1 Å². The Balaban J connectivity index is 2.22. The van der Waals surface area contributed by atoms with E-state index in [-0.39, 0.29) is 16.8 Å². The van der Waals surface area contributed by atoms with Crippen molar-refractivity contribution in [2.75, 3.05) is 0 Å². The van der Waals surface area contributed by atoms with Crippen molar-refractivity contribution in [1.29, 1.82) is 0 Å². The first-order valence-electron chi connectivity index (χ1n) is 5.92. The molecule has 1 fully saturated rings. The zero-order valence-electron chi connectivity index (χ0n) is 10.4. The van der Waals surface area contributed by atoms with Crippen LogP contribution in [0.4, 0.5) is 0 Å². The summed E-state index contributed by atoms with van der Waals surface area (Å²) in [4.78, 5) is 11.9. The smallest absolute Gasteiger partial charge is 0.251 e. The van der Waals surface area contributed by atoms with E-state index in [1.807, 2.05) is 6.92 Å². The third-order valence-corrected chi connectivity index (χ3v) is 5.09. The van der Waals surface area contributed by atoms with Crippen LogP contribution in [0, 0.1) is 5.92 Å². The van der Waals surface area contributed by atoms with Crippen molar-refractivity contribution < 1.29 is 13.2 Å². The van der Waals surface area contributed by atoms with Gasteiger partial charge in [-0.3, -0.25) is 4.79 Å². The summed E-state index contributed by atoms with van der Waals surface area (Å²) in [6, 6.07) is 4.47. The molecule has 104 valence electrons. The average molecular weight is 347 g/mol. The Kier molecular flexibility index (Phi) is 3.98. The molecular weight excluding hydrogens is 332 g/mol. The molecular formula is C12H15BrN2O3S. The van der Waals surface area contributed by atoms with E-state index < -0.39 is 10.0 Å². The number of hydrogen-bond acceptors (Lipinski definition) is 3. The molecule has 1 aliphatic rings. The first-order valence-corrected chi connectivity index (χ1v) is 8.26. The van der Waals surface area contributed by atoms with Crippen molar-refractivity contribution in [1.82, 2.24) is 5.32 Å². The molecule has 0 aliphatic heterocycles. The number of amides is 1. The summed E-state index contributed by atoms with van der Waals surface area (Å²) < 4.78 is 23.1. The second-order valence-electron chi connectivity index (χ2n) is 4.79. The highest BCUT2D eigenvalue weighted by Gasteiger charge is 2.29. The van der Waals surface area contributed by atoms with Gasteiger partial charge in [-0.2, -0.15) is 0 Å². The fourth-order valence-electron chi connectivity index (χ4n) is 1.87. The van der Waals surface area contributed by atoms with Gasteiger partial charge in [0, 0.05) is 16.1 Å². The fourth-order valence-corrected chi connectivity index (χ4v) is 3.42. The monoisotopic (exact) mass is 346 g/mol. The molecule has 0 radical (unpaired) electrons. The van der Waals surface area contributed by atoms with E-state index in [1.165, 1.54) is 12.1 Å². The number of sulfonamides is 1.